The van der Waals surface area contributed by atoms with E-state index in [1.54, 1.807) is 0 Å². The van der Waals surface area contributed by atoms with Gasteiger partial charge in [-0.15, -0.1) is 0 Å². The minimum atomic E-state index is 0.769. The number of nitrogens with zero attached hydrogens (tertiary/aromatic N) is 1. The van der Waals surface area contributed by atoms with Gasteiger partial charge in [0.1, 0.15) is 0 Å². The van der Waals surface area contributed by atoms with Crippen molar-refractivity contribution in [2.75, 3.05) is 26.2 Å². The first-order valence-corrected chi connectivity index (χ1v) is 8.34. The lowest BCUT2D eigenvalue weighted by atomic mass is 10.0. The summed E-state index contributed by atoms with van der Waals surface area (Å²) in [5.74, 6) is 1.07. The lowest BCUT2D eigenvalue weighted by Crippen LogP contribution is -2.46. The normalized spacial score (nSPS) is 26.8. The van der Waals surface area contributed by atoms with Crippen molar-refractivity contribution in [3.63, 3.8) is 0 Å². The second-order valence-corrected chi connectivity index (χ2v) is 6.39. The Balaban J connectivity index is 1.57. The molecule has 0 amide bonds. The summed E-state index contributed by atoms with van der Waals surface area (Å²) in [5, 5.41) is 3.69. The quantitative estimate of drug-likeness (QED) is 0.747. The summed E-state index contributed by atoms with van der Waals surface area (Å²) in [6.45, 7) is 7.44. The van der Waals surface area contributed by atoms with Crippen LogP contribution in [0.3, 0.4) is 0 Å². The molecule has 0 spiro atoms. The minimum absolute atomic E-state index is 0.769. The standard InChI is InChI=1S/C16H32N2/c1-2-11-17-16-10-6-13-18(14-16)12-5-9-15-7-3-4-8-15/h15-17H,2-14H2,1H3. The molecule has 1 atom stereocenters. The molecule has 1 heterocycles. The maximum Gasteiger partial charge on any atom is 0.0195 e. The van der Waals surface area contributed by atoms with Crippen molar-refractivity contribution < 1.29 is 0 Å². The highest BCUT2D eigenvalue weighted by molar-refractivity contribution is 4.78. The zero-order valence-corrected chi connectivity index (χ0v) is 12.3. The van der Waals surface area contributed by atoms with Crippen LogP contribution in [-0.2, 0) is 0 Å². The summed E-state index contributed by atoms with van der Waals surface area (Å²) >= 11 is 0. The van der Waals surface area contributed by atoms with Gasteiger partial charge in [-0.05, 0) is 57.7 Å². The summed E-state index contributed by atoms with van der Waals surface area (Å²) in [6, 6.07) is 0.769. The number of rotatable bonds is 7. The number of hydrogen-bond acceptors (Lipinski definition) is 2. The second-order valence-electron chi connectivity index (χ2n) is 6.39. The Morgan fingerprint density at radius 2 is 1.94 bits per heavy atom. The van der Waals surface area contributed by atoms with Crippen molar-refractivity contribution in [3.05, 3.63) is 0 Å². The molecule has 18 heavy (non-hydrogen) atoms. The molecule has 1 aliphatic carbocycles. The lowest BCUT2D eigenvalue weighted by Gasteiger charge is -2.33. The van der Waals surface area contributed by atoms with E-state index in [-0.39, 0.29) is 0 Å². The van der Waals surface area contributed by atoms with Gasteiger partial charge in [0.05, 0.1) is 0 Å². The van der Waals surface area contributed by atoms with Crippen molar-refractivity contribution in [2.45, 2.75) is 70.8 Å². The average molecular weight is 252 g/mol. The molecule has 0 aromatic carbocycles. The molecule has 1 unspecified atom stereocenters. The fourth-order valence-corrected chi connectivity index (χ4v) is 3.68. The van der Waals surface area contributed by atoms with E-state index in [2.05, 4.69) is 17.1 Å². The fourth-order valence-electron chi connectivity index (χ4n) is 3.68. The molecule has 2 rings (SSSR count). The zero-order valence-electron chi connectivity index (χ0n) is 12.3. The van der Waals surface area contributed by atoms with Crippen LogP contribution in [0.25, 0.3) is 0 Å². The van der Waals surface area contributed by atoms with E-state index >= 15 is 0 Å². The van der Waals surface area contributed by atoms with E-state index in [9.17, 15) is 0 Å². The molecule has 0 aromatic heterocycles. The van der Waals surface area contributed by atoms with Gasteiger partial charge in [0, 0.05) is 12.6 Å². The third kappa shape index (κ3) is 4.89. The molecule has 1 N–H and O–H groups in total. The molecule has 106 valence electrons. The molecule has 2 fully saturated rings. The van der Waals surface area contributed by atoms with Crippen molar-refractivity contribution in [1.82, 2.24) is 10.2 Å². The van der Waals surface area contributed by atoms with Gasteiger partial charge in [0.2, 0.25) is 0 Å². The Morgan fingerprint density at radius 1 is 1.11 bits per heavy atom. The molecule has 2 heteroatoms. The molecular weight excluding hydrogens is 220 g/mol. The van der Waals surface area contributed by atoms with Crippen LogP contribution in [0.5, 0.6) is 0 Å². The van der Waals surface area contributed by atoms with Crippen LogP contribution in [0.4, 0.5) is 0 Å². The molecule has 0 aromatic rings. The second kappa shape index (κ2) is 8.16. The highest BCUT2D eigenvalue weighted by atomic mass is 15.2. The Bertz CT molecular complexity index is 211. The van der Waals surface area contributed by atoms with Gasteiger partial charge in [-0.3, -0.25) is 0 Å². The maximum absolute atomic E-state index is 3.69. The number of piperidine rings is 1. The van der Waals surface area contributed by atoms with Gasteiger partial charge in [-0.25, -0.2) is 0 Å². The predicted octanol–water partition coefficient (Wildman–Crippen LogP) is 3.42. The highest BCUT2D eigenvalue weighted by Crippen LogP contribution is 2.28. The predicted molar refractivity (Wildman–Crippen MR) is 78.9 cm³/mol. The van der Waals surface area contributed by atoms with E-state index in [0.29, 0.717) is 0 Å². The molecule has 1 aliphatic heterocycles. The molecule has 0 bridgehead atoms. The number of likely N-dealkylation sites (tertiary alicyclic amines) is 1. The SMILES string of the molecule is CCCNC1CCCN(CCCC2CCCC2)C1. The summed E-state index contributed by atoms with van der Waals surface area (Å²) in [6.07, 6.45) is 13.0. The van der Waals surface area contributed by atoms with Crippen LogP contribution in [0.1, 0.15) is 64.7 Å². The van der Waals surface area contributed by atoms with Gasteiger partial charge in [-0.1, -0.05) is 32.6 Å². The monoisotopic (exact) mass is 252 g/mol. The highest BCUT2D eigenvalue weighted by Gasteiger charge is 2.19. The van der Waals surface area contributed by atoms with Crippen molar-refractivity contribution in [3.8, 4) is 0 Å². The van der Waals surface area contributed by atoms with E-state index in [1.165, 1.54) is 84.0 Å². The minimum Gasteiger partial charge on any atom is -0.313 e. The van der Waals surface area contributed by atoms with Crippen LogP contribution in [0.2, 0.25) is 0 Å². The van der Waals surface area contributed by atoms with Crippen LogP contribution < -0.4 is 5.32 Å². The third-order valence-corrected chi connectivity index (χ3v) is 4.75. The van der Waals surface area contributed by atoms with Gasteiger partial charge >= 0.3 is 0 Å². The van der Waals surface area contributed by atoms with E-state index in [4.69, 9.17) is 0 Å². The Morgan fingerprint density at radius 3 is 2.72 bits per heavy atom. The van der Waals surface area contributed by atoms with Crippen molar-refractivity contribution in [2.24, 2.45) is 5.92 Å². The Hall–Kier alpha value is -0.0800. The number of nitrogens with one attached hydrogen (secondary N) is 1. The van der Waals surface area contributed by atoms with Gasteiger partial charge < -0.3 is 10.2 Å². The molecule has 2 aliphatic rings. The largest absolute Gasteiger partial charge is 0.313 e. The van der Waals surface area contributed by atoms with E-state index < -0.39 is 0 Å². The maximum atomic E-state index is 3.69. The summed E-state index contributed by atoms with van der Waals surface area (Å²) in [4.78, 5) is 2.70. The molecule has 1 saturated heterocycles. The Labute approximate surface area is 114 Å². The third-order valence-electron chi connectivity index (χ3n) is 4.75. The van der Waals surface area contributed by atoms with Crippen LogP contribution in [0.15, 0.2) is 0 Å². The smallest absolute Gasteiger partial charge is 0.0195 e. The first-order chi connectivity index (χ1) is 8.88. The first-order valence-electron chi connectivity index (χ1n) is 8.34. The summed E-state index contributed by atoms with van der Waals surface area (Å²) < 4.78 is 0. The van der Waals surface area contributed by atoms with E-state index in [1.807, 2.05) is 0 Å². The molecule has 1 saturated carbocycles. The Kier molecular flexibility index (Phi) is 6.50. The van der Waals surface area contributed by atoms with Crippen molar-refractivity contribution in [1.29, 1.82) is 0 Å². The van der Waals surface area contributed by atoms with Crippen molar-refractivity contribution >= 4 is 0 Å². The molecular formula is C16H32N2. The fraction of sp³-hybridized carbons (Fsp3) is 1.00. The molecule has 2 nitrogen and oxygen atoms in total. The van der Waals surface area contributed by atoms with Gasteiger partial charge in [-0.2, -0.15) is 0 Å². The first kappa shape index (κ1) is 14.3. The van der Waals surface area contributed by atoms with Crippen LogP contribution >= 0.6 is 0 Å². The molecule has 0 radical (unpaired) electrons. The number of hydrogen-bond donors (Lipinski definition) is 1. The zero-order chi connectivity index (χ0) is 12.6. The van der Waals surface area contributed by atoms with Crippen LogP contribution in [0, 0.1) is 5.92 Å². The van der Waals surface area contributed by atoms with Gasteiger partial charge in [0.15, 0.2) is 0 Å². The lowest BCUT2D eigenvalue weighted by molar-refractivity contribution is 0.185. The summed E-state index contributed by atoms with van der Waals surface area (Å²) in [7, 11) is 0. The van der Waals surface area contributed by atoms with Crippen LogP contribution in [-0.4, -0.2) is 37.1 Å². The average Bonchev–Trinajstić information content (AvgIpc) is 2.90. The van der Waals surface area contributed by atoms with E-state index in [0.717, 1.165) is 12.0 Å². The van der Waals surface area contributed by atoms with Gasteiger partial charge in [0.25, 0.3) is 0 Å². The topological polar surface area (TPSA) is 15.3 Å². The summed E-state index contributed by atoms with van der Waals surface area (Å²) in [5.41, 5.74) is 0.